The zero-order valence-corrected chi connectivity index (χ0v) is 12.9. The third-order valence-corrected chi connectivity index (χ3v) is 5.48. The highest BCUT2D eigenvalue weighted by molar-refractivity contribution is 7.90. The number of ether oxygens (including phenoxy) is 2. The standard InChI is InChI=1S/C13H18O5S2/c1-20(15,16)12-5-3-11(4-6-12)19(14)10-7-13-17-8-2-9-18-13/h3-6,13H,2,7-10H2,1H3. The smallest absolute Gasteiger partial charge is 0.175 e. The van der Waals surface area contributed by atoms with E-state index in [9.17, 15) is 12.6 Å². The van der Waals surface area contributed by atoms with Gasteiger partial charge >= 0.3 is 0 Å². The molecule has 0 bridgehead atoms. The minimum absolute atomic E-state index is 0.234. The number of benzene rings is 1. The number of hydrogen-bond acceptors (Lipinski definition) is 5. The van der Waals surface area contributed by atoms with Gasteiger partial charge in [0.05, 0.1) is 28.9 Å². The van der Waals surface area contributed by atoms with E-state index in [4.69, 9.17) is 9.47 Å². The predicted molar refractivity (Wildman–Crippen MR) is 75.8 cm³/mol. The van der Waals surface area contributed by atoms with Gasteiger partial charge in [0.1, 0.15) is 0 Å². The van der Waals surface area contributed by atoms with Gasteiger partial charge in [-0.1, -0.05) is 0 Å². The van der Waals surface area contributed by atoms with E-state index >= 15 is 0 Å². The van der Waals surface area contributed by atoms with Crippen molar-refractivity contribution in [3.63, 3.8) is 0 Å². The van der Waals surface area contributed by atoms with Crippen LogP contribution in [-0.2, 0) is 30.1 Å². The van der Waals surface area contributed by atoms with Crippen LogP contribution in [0.3, 0.4) is 0 Å². The summed E-state index contributed by atoms with van der Waals surface area (Å²) in [6, 6.07) is 6.15. The summed E-state index contributed by atoms with van der Waals surface area (Å²) in [5, 5.41) is 0. The van der Waals surface area contributed by atoms with Crippen molar-refractivity contribution in [3.8, 4) is 0 Å². The Labute approximate surface area is 121 Å². The molecule has 5 nitrogen and oxygen atoms in total. The molecule has 2 rings (SSSR count). The molecule has 0 aliphatic carbocycles. The van der Waals surface area contributed by atoms with Crippen molar-refractivity contribution >= 4 is 20.6 Å². The van der Waals surface area contributed by atoms with Crippen molar-refractivity contribution in [2.45, 2.75) is 28.9 Å². The van der Waals surface area contributed by atoms with Crippen LogP contribution in [0, 0.1) is 0 Å². The summed E-state index contributed by atoms with van der Waals surface area (Å²) in [6.45, 7) is 1.36. The van der Waals surface area contributed by atoms with Crippen molar-refractivity contribution in [3.05, 3.63) is 24.3 Å². The van der Waals surface area contributed by atoms with Crippen molar-refractivity contribution in [1.29, 1.82) is 0 Å². The van der Waals surface area contributed by atoms with E-state index in [1.165, 1.54) is 12.1 Å². The minimum Gasteiger partial charge on any atom is -0.353 e. The van der Waals surface area contributed by atoms with Crippen LogP contribution in [0.5, 0.6) is 0 Å². The van der Waals surface area contributed by atoms with Gasteiger partial charge < -0.3 is 9.47 Å². The van der Waals surface area contributed by atoms with E-state index in [2.05, 4.69) is 0 Å². The van der Waals surface area contributed by atoms with Gasteiger partial charge in [0, 0.05) is 23.3 Å². The van der Waals surface area contributed by atoms with E-state index in [-0.39, 0.29) is 11.2 Å². The average Bonchev–Trinajstić information content (AvgIpc) is 2.45. The maximum absolute atomic E-state index is 12.1. The van der Waals surface area contributed by atoms with Gasteiger partial charge in [0.2, 0.25) is 0 Å². The maximum Gasteiger partial charge on any atom is 0.175 e. The summed E-state index contributed by atoms with van der Waals surface area (Å²) >= 11 is 0. The lowest BCUT2D eigenvalue weighted by Crippen LogP contribution is -2.26. The molecule has 0 N–H and O–H groups in total. The van der Waals surface area contributed by atoms with Gasteiger partial charge in [0.25, 0.3) is 0 Å². The van der Waals surface area contributed by atoms with Gasteiger partial charge in [-0.25, -0.2) is 8.42 Å². The van der Waals surface area contributed by atoms with Crippen LogP contribution in [0.4, 0.5) is 0 Å². The molecule has 0 spiro atoms. The predicted octanol–water partition coefficient (Wildman–Crippen LogP) is 1.35. The molecule has 1 saturated heterocycles. The first-order valence-corrected chi connectivity index (χ1v) is 9.59. The lowest BCUT2D eigenvalue weighted by atomic mass is 10.4. The molecule has 0 amide bonds. The largest absolute Gasteiger partial charge is 0.353 e. The molecule has 1 aliphatic rings. The molecule has 1 atom stereocenters. The van der Waals surface area contributed by atoms with Crippen LogP contribution in [0.15, 0.2) is 34.1 Å². The molecule has 7 heteroatoms. The highest BCUT2D eigenvalue weighted by Gasteiger charge is 2.16. The summed E-state index contributed by atoms with van der Waals surface area (Å²) in [7, 11) is -4.39. The highest BCUT2D eigenvalue weighted by atomic mass is 32.2. The summed E-state index contributed by atoms with van der Waals surface area (Å²) in [4.78, 5) is 0.852. The Morgan fingerprint density at radius 2 is 1.80 bits per heavy atom. The summed E-state index contributed by atoms with van der Waals surface area (Å²) in [6.07, 6.45) is 2.34. The molecule has 1 aliphatic heterocycles. The normalized spacial score (nSPS) is 18.9. The molecule has 1 aromatic carbocycles. The van der Waals surface area contributed by atoms with Gasteiger partial charge in [-0.2, -0.15) is 0 Å². The SMILES string of the molecule is CS(=O)(=O)c1ccc(S(=O)CCC2OCCCO2)cc1. The monoisotopic (exact) mass is 318 g/mol. The lowest BCUT2D eigenvalue weighted by Gasteiger charge is -2.22. The van der Waals surface area contributed by atoms with E-state index in [0.717, 1.165) is 12.7 Å². The Bertz CT molecular complexity index is 559. The molecule has 1 fully saturated rings. The molecular formula is C13H18O5S2. The quantitative estimate of drug-likeness (QED) is 0.819. The van der Waals surface area contributed by atoms with Gasteiger partial charge in [-0.3, -0.25) is 4.21 Å². The second-order valence-electron chi connectivity index (χ2n) is 4.61. The summed E-state index contributed by atoms with van der Waals surface area (Å²) in [5.74, 6) is 0.433. The highest BCUT2D eigenvalue weighted by Crippen LogP contribution is 2.15. The maximum atomic E-state index is 12.1. The third kappa shape index (κ3) is 4.37. The molecule has 1 heterocycles. The Hall–Kier alpha value is -0.760. The topological polar surface area (TPSA) is 69.7 Å². The average molecular weight is 318 g/mol. The molecule has 0 radical (unpaired) electrons. The Morgan fingerprint density at radius 3 is 2.35 bits per heavy atom. The van der Waals surface area contributed by atoms with Crippen molar-refractivity contribution in [2.75, 3.05) is 25.2 Å². The zero-order chi connectivity index (χ0) is 14.6. The fourth-order valence-electron chi connectivity index (χ4n) is 1.86. The Balaban J connectivity index is 1.92. The molecule has 20 heavy (non-hydrogen) atoms. The van der Waals surface area contributed by atoms with Crippen molar-refractivity contribution < 1.29 is 22.1 Å². The molecular weight excluding hydrogens is 300 g/mol. The first-order chi connectivity index (χ1) is 9.47. The lowest BCUT2D eigenvalue weighted by molar-refractivity contribution is -0.178. The third-order valence-electron chi connectivity index (χ3n) is 2.95. The zero-order valence-electron chi connectivity index (χ0n) is 11.3. The van der Waals surface area contributed by atoms with E-state index in [0.29, 0.717) is 30.3 Å². The second kappa shape index (κ2) is 6.80. The van der Waals surface area contributed by atoms with Crippen molar-refractivity contribution in [1.82, 2.24) is 0 Å². The summed E-state index contributed by atoms with van der Waals surface area (Å²) in [5.41, 5.74) is 0. The van der Waals surface area contributed by atoms with Gasteiger partial charge in [-0.05, 0) is 30.7 Å². The van der Waals surface area contributed by atoms with Crippen LogP contribution in [0.1, 0.15) is 12.8 Å². The first kappa shape index (κ1) is 15.6. The Kier molecular flexibility index (Phi) is 5.31. The molecule has 1 aromatic rings. The van der Waals surface area contributed by atoms with Crippen LogP contribution in [0.2, 0.25) is 0 Å². The van der Waals surface area contributed by atoms with Crippen LogP contribution in [-0.4, -0.2) is 44.1 Å². The van der Waals surface area contributed by atoms with E-state index < -0.39 is 20.6 Å². The summed E-state index contributed by atoms with van der Waals surface area (Å²) < 4.78 is 45.6. The van der Waals surface area contributed by atoms with E-state index in [1.54, 1.807) is 12.1 Å². The fraction of sp³-hybridized carbons (Fsp3) is 0.538. The van der Waals surface area contributed by atoms with Gasteiger partial charge in [0.15, 0.2) is 16.1 Å². The first-order valence-electron chi connectivity index (χ1n) is 6.38. The number of sulfone groups is 1. The van der Waals surface area contributed by atoms with Crippen molar-refractivity contribution in [2.24, 2.45) is 0 Å². The van der Waals surface area contributed by atoms with Crippen LogP contribution >= 0.6 is 0 Å². The Morgan fingerprint density at radius 1 is 1.20 bits per heavy atom. The van der Waals surface area contributed by atoms with Crippen LogP contribution < -0.4 is 0 Å². The number of rotatable bonds is 5. The number of hydrogen-bond donors (Lipinski definition) is 0. The minimum atomic E-state index is -3.21. The second-order valence-corrected chi connectivity index (χ2v) is 8.19. The van der Waals surface area contributed by atoms with Gasteiger partial charge in [-0.15, -0.1) is 0 Å². The molecule has 0 aromatic heterocycles. The molecule has 112 valence electrons. The fourth-order valence-corrected chi connectivity index (χ4v) is 3.58. The van der Waals surface area contributed by atoms with E-state index in [1.807, 2.05) is 0 Å². The van der Waals surface area contributed by atoms with Crippen LogP contribution in [0.25, 0.3) is 0 Å². The molecule has 0 saturated carbocycles. The molecule has 1 unspecified atom stereocenters.